The van der Waals surface area contributed by atoms with Crippen molar-refractivity contribution >= 4 is 17.7 Å². The number of carboxylic acids is 1. The fourth-order valence-corrected chi connectivity index (χ4v) is 7.09. The average molecular weight is 675 g/mol. The number of ether oxygens (including phenoxy) is 2. The summed E-state index contributed by atoms with van der Waals surface area (Å²) in [6.07, 6.45) is -3.84. The van der Waals surface area contributed by atoms with Crippen molar-refractivity contribution in [2.45, 2.75) is 74.4 Å². The first-order valence-corrected chi connectivity index (χ1v) is 15.3. The molecular weight excluding hydrogens is 634 g/mol. The lowest BCUT2D eigenvalue weighted by Gasteiger charge is -2.48. The van der Waals surface area contributed by atoms with E-state index in [1.807, 2.05) is 6.07 Å². The number of anilines is 1. The SMILES string of the molecule is COc1ccc([C@@]23CC[C@@H](NC(=O)Nc4cccc(C(F)(F)F)c4)C[C@@H]2N(C2CCN(C)CC2)CC3)cc1OC.O=C(O)C(F)(F)F. The molecule has 0 spiro atoms. The predicted molar refractivity (Wildman–Crippen MR) is 162 cm³/mol. The molecule has 0 aromatic heterocycles. The Labute approximate surface area is 269 Å². The van der Waals surface area contributed by atoms with Crippen LogP contribution in [0.25, 0.3) is 0 Å². The average Bonchev–Trinajstić information content (AvgIpc) is 3.40. The first-order chi connectivity index (χ1) is 22.1. The number of rotatable bonds is 6. The van der Waals surface area contributed by atoms with E-state index in [0.717, 1.165) is 70.3 Å². The number of carbonyl (C=O) groups excluding carboxylic acids is 1. The second kappa shape index (κ2) is 14.6. The Hall–Kier alpha value is -3.72. The first kappa shape index (κ1) is 36.1. The number of aliphatic carboxylic acids is 1. The van der Waals surface area contributed by atoms with Crippen LogP contribution in [0.2, 0.25) is 0 Å². The van der Waals surface area contributed by atoms with Crippen LogP contribution in [0.15, 0.2) is 42.5 Å². The van der Waals surface area contributed by atoms with Gasteiger partial charge in [0, 0.05) is 29.2 Å². The number of methoxy groups -OCH3 is 2. The Morgan fingerprint density at radius 2 is 1.57 bits per heavy atom. The van der Waals surface area contributed by atoms with Gasteiger partial charge in [0.15, 0.2) is 11.5 Å². The van der Waals surface area contributed by atoms with Crippen LogP contribution in [0, 0.1) is 0 Å². The molecule has 0 unspecified atom stereocenters. The van der Waals surface area contributed by atoms with Gasteiger partial charge in [0.2, 0.25) is 0 Å². The van der Waals surface area contributed by atoms with Crippen LogP contribution >= 0.6 is 0 Å². The maximum atomic E-state index is 13.1. The van der Waals surface area contributed by atoms with E-state index >= 15 is 0 Å². The van der Waals surface area contributed by atoms with Gasteiger partial charge in [-0.15, -0.1) is 0 Å². The molecular formula is C32H40F6N4O5. The van der Waals surface area contributed by atoms with Crippen molar-refractivity contribution in [3.05, 3.63) is 53.6 Å². The van der Waals surface area contributed by atoms with Crippen LogP contribution < -0.4 is 20.1 Å². The molecule has 3 aliphatic rings. The van der Waals surface area contributed by atoms with Gasteiger partial charge in [-0.05, 0) is 101 Å². The van der Waals surface area contributed by atoms with E-state index in [9.17, 15) is 31.1 Å². The second-order valence-corrected chi connectivity index (χ2v) is 12.2. The molecule has 5 rings (SSSR count). The lowest BCUT2D eigenvalue weighted by atomic mass is 9.65. The monoisotopic (exact) mass is 674 g/mol. The number of hydrogen-bond donors (Lipinski definition) is 3. The van der Waals surface area contributed by atoms with Crippen molar-refractivity contribution < 1.29 is 50.5 Å². The molecule has 47 heavy (non-hydrogen) atoms. The molecule has 1 saturated carbocycles. The molecule has 15 heteroatoms. The number of amides is 2. The summed E-state index contributed by atoms with van der Waals surface area (Å²) in [4.78, 5) is 26.8. The fourth-order valence-electron chi connectivity index (χ4n) is 7.09. The number of hydrogen-bond acceptors (Lipinski definition) is 6. The minimum atomic E-state index is -5.08. The van der Waals surface area contributed by atoms with Crippen LogP contribution in [0.3, 0.4) is 0 Å². The van der Waals surface area contributed by atoms with Gasteiger partial charge in [0.1, 0.15) is 0 Å². The van der Waals surface area contributed by atoms with Gasteiger partial charge in [0.25, 0.3) is 0 Å². The molecule has 2 aliphatic heterocycles. The second-order valence-electron chi connectivity index (χ2n) is 12.2. The standard InChI is InChI=1S/C30H39F3N4O3.C2HF3O2/c1-36-14-10-24(11-15-36)37-16-13-29(20-7-8-25(39-2)26(18-20)40-3)12-9-23(19-27(29)37)35-28(38)34-22-6-4-5-21(17-22)30(31,32)33;3-2(4,5)1(6)7/h4-8,17-18,23-24,27H,9-16,19H2,1-3H3,(H2,34,35,38);(H,6,7)/t23-,27+,29+;/m1./s1. The molecule has 9 nitrogen and oxygen atoms in total. The quantitative estimate of drug-likeness (QED) is 0.317. The summed E-state index contributed by atoms with van der Waals surface area (Å²) in [5.41, 5.74) is 0.495. The summed E-state index contributed by atoms with van der Waals surface area (Å²) >= 11 is 0. The third-order valence-corrected chi connectivity index (χ3v) is 9.44. The van der Waals surface area contributed by atoms with E-state index < -0.39 is 29.9 Å². The molecule has 2 aromatic carbocycles. The number of benzene rings is 2. The first-order valence-electron chi connectivity index (χ1n) is 15.3. The smallest absolute Gasteiger partial charge is 0.490 e. The number of piperidine rings is 1. The zero-order chi connectivity index (χ0) is 34.6. The number of nitrogens with zero attached hydrogens (tertiary/aromatic N) is 2. The van der Waals surface area contributed by atoms with Gasteiger partial charge in [-0.3, -0.25) is 4.90 Å². The number of halogens is 6. The Morgan fingerprint density at radius 3 is 2.17 bits per heavy atom. The number of nitrogens with one attached hydrogen (secondary N) is 2. The molecule has 2 heterocycles. The zero-order valence-corrected chi connectivity index (χ0v) is 26.4. The van der Waals surface area contributed by atoms with E-state index in [0.29, 0.717) is 17.5 Å². The number of carboxylic acid groups (broad SMARTS) is 1. The largest absolute Gasteiger partial charge is 0.493 e. The Kier molecular flexibility index (Phi) is 11.2. The van der Waals surface area contributed by atoms with Crippen molar-refractivity contribution in [2.75, 3.05) is 46.2 Å². The summed E-state index contributed by atoms with van der Waals surface area (Å²) in [6, 6.07) is 11.1. The van der Waals surface area contributed by atoms with Crippen LogP contribution in [-0.4, -0.2) is 92.1 Å². The summed E-state index contributed by atoms with van der Waals surface area (Å²) in [6.45, 7) is 3.13. The molecule has 3 fully saturated rings. The molecule has 2 saturated heterocycles. The highest BCUT2D eigenvalue weighted by Crippen LogP contribution is 2.51. The van der Waals surface area contributed by atoms with E-state index in [1.165, 1.54) is 17.7 Å². The fraction of sp³-hybridized carbons (Fsp3) is 0.562. The summed E-state index contributed by atoms with van der Waals surface area (Å²) in [5, 5.41) is 12.8. The number of fused-ring (bicyclic) bond motifs is 1. The topological polar surface area (TPSA) is 103 Å². The zero-order valence-electron chi connectivity index (χ0n) is 26.4. The molecule has 0 radical (unpaired) electrons. The van der Waals surface area contributed by atoms with Crippen molar-refractivity contribution in [3.63, 3.8) is 0 Å². The molecule has 1 aliphatic carbocycles. The lowest BCUT2D eigenvalue weighted by molar-refractivity contribution is -0.192. The third-order valence-electron chi connectivity index (χ3n) is 9.44. The number of likely N-dealkylation sites (tertiary alicyclic amines) is 2. The van der Waals surface area contributed by atoms with Gasteiger partial charge in [0.05, 0.1) is 19.8 Å². The van der Waals surface area contributed by atoms with Gasteiger partial charge in [-0.2, -0.15) is 26.3 Å². The van der Waals surface area contributed by atoms with E-state index in [1.54, 1.807) is 14.2 Å². The van der Waals surface area contributed by atoms with Crippen LogP contribution in [0.5, 0.6) is 11.5 Å². The molecule has 2 amide bonds. The van der Waals surface area contributed by atoms with Gasteiger partial charge in [-0.25, -0.2) is 9.59 Å². The molecule has 3 N–H and O–H groups in total. The maximum absolute atomic E-state index is 13.1. The van der Waals surface area contributed by atoms with Gasteiger partial charge < -0.3 is 30.1 Å². The molecule has 3 atom stereocenters. The summed E-state index contributed by atoms with van der Waals surface area (Å²) in [5.74, 6) is -1.34. The summed E-state index contributed by atoms with van der Waals surface area (Å²) < 4.78 is 82.3. The van der Waals surface area contributed by atoms with Crippen LogP contribution in [0.1, 0.15) is 49.7 Å². The highest BCUT2D eigenvalue weighted by atomic mass is 19.4. The minimum Gasteiger partial charge on any atom is -0.493 e. The third kappa shape index (κ3) is 8.61. The van der Waals surface area contributed by atoms with Crippen LogP contribution in [0.4, 0.5) is 36.8 Å². The molecule has 260 valence electrons. The van der Waals surface area contributed by atoms with Gasteiger partial charge >= 0.3 is 24.4 Å². The lowest BCUT2D eigenvalue weighted by Crippen LogP contribution is -2.56. The number of alkyl halides is 6. The number of urea groups is 1. The van der Waals surface area contributed by atoms with Crippen molar-refractivity contribution in [2.24, 2.45) is 0 Å². The van der Waals surface area contributed by atoms with Crippen molar-refractivity contribution in [1.82, 2.24) is 15.1 Å². The molecule has 0 bridgehead atoms. The van der Waals surface area contributed by atoms with E-state index in [4.69, 9.17) is 19.4 Å². The number of carbonyl (C=O) groups is 2. The Balaban J connectivity index is 0.000000644. The minimum absolute atomic E-state index is 0.0708. The summed E-state index contributed by atoms with van der Waals surface area (Å²) in [7, 11) is 5.45. The maximum Gasteiger partial charge on any atom is 0.490 e. The predicted octanol–water partition coefficient (Wildman–Crippen LogP) is 6.14. The van der Waals surface area contributed by atoms with Crippen molar-refractivity contribution in [3.8, 4) is 11.5 Å². The van der Waals surface area contributed by atoms with Crippen LogP contribution in [-0.2, 0) is 16.4 Å². The van der Waals surface area contributed by atoms with E-state index in [2.05, 4.69) is 39.6 Å². The van der Waals surface area contributed by atoms with Gasteiger partial charge in [-0.1, -0.05) is 12.1 Å². The highest BCUT2D eigenvalue weighted by molar-refractivity contribution is 5.89. The van der Waals surface area contributed by atoms with Crippen molar-refractivity contribution in [1.29, 1.82) is 0 Å². The highest BCUT2D eigenvalue weighted by Gasteiger charge is 2.53. The Morgan fingerprint density at radius 1 is 0.915 bits per heavy atom. The normalized spacial score (nSPS) is 24.0. The van der Waals surface area contributed by atoms with E-state index in [-0.39, 0.29) is 23.2 Å². The molecule has 2 aromatic rings. The Bertz CT molecular complexity index is 1400.